The predicted molar refractivity (Wildman–Crippen MR) is 63.2 cm³/mol. The second-order valence-electron chi connectivity index (χ2n) is 4.29. The molecule has 0 saturated carbocycles. The van der Waals surface area contributed by atoms with Gasteiger partial charge >= 0.3 is 0 Å². The van der Waals surface area contributed by atoms with Gasteiger partial charge in [0.1, 0.15) is 0 Å². The average molecular weight is 240 g/mol. The summed E-state index contributed by atoms with van der Waals surface area (Å²) in [5.74, 6) is 0.566. The second-order valence-corrected chi connectivity index (χ2v) is 4.29. The molecule has 1 saturated heterocycles. The van der Waals surface area contributed by atoms with Crippen LogP contribution in [0.15, 0.2) is 6.20 Å². The Labute approximate surface area is 99.8 Å². The molecule has 17 heavy (non-hydrogen) atoms. The van der Waals surface area contributed by atoms with E-state index in [1.54, 1.807) is 7.11 Å². The zero-order valence-corrected chi connectivity index (χ0v) is 9.90. The molecule has 0 amide bonds. The van der Waals surface area contributed by atoms with E-state index in [0.717, 1.165) is 38.7 Å². The highest BCUT2D eigenvalue weighted by atomic mass is 19.1. The lowest BCUT2D eigenvalue weighted by molar-refractivity contribution is 0.139. The number of hydrogen-bond donors (Lipinski definition) is 1. The van der Waals surface area contributed by atoms with Crippen LogP contribution in [-0.2, 0) is 4.74 Å². The smallest absolute Gasteiger partial charge is 0.222 e. The average Bonchev–Trinajstić information content (AvgIpc) is 2.34. The molecule has 1 aromatic heterocycles. The highest BCUT2D eigenvalue weighted by molar-refractivity contribution is 5.42. The van der Waals surface area contributed by atoms with E-state index in [0.29, 0.717) is 11.7 Å². The molecule has 0 radical (unpaired) electrons. The van der Waals surface area contributed by atoms with Crippen molar-refractivity contribution in [3.05, 3.63) is 12.0 Å². The summed E-state index contributed by atoms with van der Waals surface area (Å²) in [6.45, 7) is 2.32. The maximum Gasteiger partial charge on any atom is 0.222 e. The fourth-order valence-corrected chi connectivity index (χ4v) is 2.14. The first kappa shape index (κ1) is 12.0. The molecule has 1 aliphatic heterocycles. The molecule has 6 heteroatoms. The number of nitrogen functional groups attached to an aromatic ring is 1. The number of aromatic nitrogens is 2. The highest BCUT2D eigenvalue weighted by Crippen LogP contribution is 2.24. The summed E-state index contributed by atoms with van der Waals surface area (Å²) < 4.78 is 18.7. The van der Waals surface area contributed by atoms with Crippen LogP contribution in [-0.4, -0.2) is 36.8 Å². The van der Waals surface area contributed by atoms with E-state index in [-0.39, 0.29) is 5.95 Å². The van der Waals surface area contributed by atoms with Crippen LogP contribution in [0.2, 0.25) is 0 Å². The summed E-state index contributed by atoms with van der Waals surface area (Å²) in [4.78, 5) is 9.49. The minimum absolute atomic E-state index is 0.111. The highest BCUT2D eigenvalue weighted by Gasteiger charge is 2.22. The first-order valence-corrected chi connectivity index (χ1v) is 5.72. The molecule has 2 rings (SSSR count). The van der Waals surface area contributed by atoms with Crippen molar-refractivity contribution < 1.29 is 9.13 Å². The maximum absolute atomic E-state index is 13.6. The van der Waals surface area contributed by atoms with Gasteiger partial charge in [0.25, 0.3) is 0 Å². The molecule has 5 nitrogen and oxygen atoms in total. The fraction of sp³-hybridized carbons (Fsp3) is 0.636. The standard InChI is InChI=1S/C11H17FN4O/c1-17-7-8-2-4-16(5-3-8)10-9(12)6-14-11(13)15-10/h6,8H,2-5,7H2,1H3,(H2,13,14,15). The van der Waals surface area contributed by atoms with Crippen molar-refractivity contribution in [2.24, 2.45) is 5.92 Å². The Hall–Kier alpha value is -1.43. The number of nitrogens with two attached hydrogens (primary N) is 1. The van der Waals surface area contributed by atoms with Crippen LogP contribution in [0.3, 0.4) is 0 Å². The molecule has 0 atom stereocenters. The van der Waals surface area contributed by atoms with E-state index in [9.17, 15) is 4.39 Å². The van der Waals surface area contributed by atoms with Crippen LogP contribution in [0.25, 0.3) is 0 Å². The van der Waals surface area contributed by atoms with Crippen molar-refractivity contribution in [2.45, 2.75) is 12.8 Å². The molecule has 2 heterocycles. The zero-order valence-electron chi connectivity index (χ0n) is 9.90. The summed E-state index contributed by atoms with van der Waals surface area (Å²) in [5.41, 5.74) is 5.47. The normalized spacial score (nSPS) is 17.4. The number of anilines is 2. The predicted octanol–water partition coefficient (Wildman–Crippen LogP) is 1.06. The summed E-state index contributed by atoms with van der Waals surface area (Å²) in [6.07, 6.45) is 3.09. The molecule has 0 bridgehead atoms. The molecule has 0 spiro atoms. The molecule has 1 aliphatic rings. The van der Waals surface area contributed by atoms with Gasteiger partial charge in [-0.05, 0) is 18.8 Å². The minimum atomic E-state index is -0.413. The van der Waals surface area contributed by atoms with E-state index in [1.807, 2.05) is 4.90 Å². The van der Waals surface area contributed by atoms with Gasteiger partial charge in [-0.1, -0.05) is 0 Å². The van der Waals surface area contributed by atoms with E-state index in [1.165, 1.54) is 0 Å². The van der Waals surface area contributed by atoms with Gasteiger partial charge in [0.05, 0.1) is 6.20 Å². The summed E-state index contributed by atoms with van der Waals surface area (Å²) in [6, 6.07) is 0. The molecular weight excluding hydrogens is 223 g/mol. The Morgan fingerprint density at radius 1 is 1.53 bits per heavy atom. The number of hydrogen-bond acceptors (Lipinski definition) is 5. The topological polar surface area (TPSA) is 64.3 Å². The van der Waals surface area contributed by atoms with Gasteiger partial charge in [0, 0.05) is 26.8 Å². The molecule has 1 fully saturated rings. The lowest BCUT2D eigenvalue weighted by Gasteiger charge is -2.32. The van der Waals surface area contributed by atoms with Gasteiger partial charge in [0.2, 0.25) is 5.95 Å². The van der Waals surface area contributed by atoms with Crippen LogP contribution < -0.4 is 10.6 Å². The lowest BCUT2D eigenvalue weighted by atomic mass is 9.98. The van der Waals surface area contributed by atoms with Crippen molar-refractivity contribution >= 4 is 11.8 Å². The number of halogens is 1. The van der Waals surface area contributed by atoms with Crippen LogP contribution in [0, 0.1) is 11.7 Å². The van der Waals surface area contributed by atoms with Gasteiger partial charge in [-0.2, -0.15) is 4.98 Å². The molecule has 2 N–H and O–H groups in total. The van der Waals surface area contributed by atoms with Crippen LogP contribution in [0.5, 0.6) is 0 Å². The SMILES string of the molecule is COCC1CCN(c2nc(N)ncc2F)CC1. The summed E-state index contributed by atoms with van der Waals surface area (Å²) in [5, 5.41) is 0. The largest absolute Gasteiger partial charge is 0.384 e. The van der Waals surface area contributed by atoms with E-state index in [4.69, 9.17) is 10.5 Å². The lowest BCUT2D eigenvalue weighted by Crippen LogP contribution is -2.36. The zero-order chi connectivity index (χ0) is 12.3. The summed E-state index contributed by atoms with van der Waals surface area (Å²) in [7, 11) is 1.71. The van der Waals surface area contributed by atoms with Crippen LogP contribution >= 0.6 is 0 Å². The van der Waals surface area contributed by atoms with Crippen LogP contribution in [0.1, 0.15) is 12.8 Å². The Morgan fingerprint density at radius 2 is 2.24 bits per heavy atom. The molecular formula is C11H17FN4O. The van der Waals surface area contributed by atoms with E-state index < -0.39 is 5.82 Å². The third-order valence-electron chi connectivity index (χ3n) is 3.06. The van der Waals surface area contributed by atoms with Gasteiger partial charge in [0.15, 0.2) is 11.6 Å². The molecule has 0 unspecified atom stereocenters. The van der Waals surface area contributed by atoms with Crippen molar-refractivity contribution in [1.82, 2.24) is 9.97 Å². The van der Waals surface area contributed by atoms with Crippen molar-refractivity contribution in [3.8, 4) is 0 Å². The summed E-state index contributed by atoms with van der Waals surface area (Å²) >= 11 is 0. The Bertz CT molecular complexity index is 380. The van der Waals surface area contributed by atoms with Gasteiger partial charge < -0.3 is 15.4 Å². The number of ether oxygens (including phenoxy) is 1. The number of nitrogens with zero attached hydrogens (tertiary/aromatic N) is 3. The van der Waals surface area contributed by atoms with Gasteiger partial charge in [-0.15, -0.1) is 0 Å². The first-order chi connectivity index (χ1) is 8.20. The maximum atomic E-state index is 13.6. The van der Waals surface area contributed by atoms with Crippen molar-refractivity contribution in [2.75, 3.05) is 37.4 Å². The minimum Gasteiger partial charge on any atom is -0.384 e. The quantitative estimate of drug-likeness (QED) is 0.856. The third kappa shape index (κ3) is 2.82. The van der Waals surface area contributed by atoms with Crippen LogP contribution in [0.4, 0.5) is 16.2 Å². The molecule has 0 aromatic carbocycles. The van der Waals surface area contributed by atoms with E-state index >= 15 is 0 Å². The Kier molecular flexibility index (Phi) is 3.73. The van der Waals surface area contributed by atoms with Gasteiger partial charge in [-0.3, -0.25) is 0 Å². The van der Waals surface area contributed by atoms with Gasteiger partial charge in [-0.25, -0.2) is 9.37 Å². The fourth-order valence-electron chi connectivity index (χ4n) is 2.14. The third-order valence-corrected chi connectivity index (χ3v) is 3.06. The molecule has 0 aliphatic carbocycles. The Morgan fingerprint density at radius 3 is 2.88 bits per heavy atom. The number of methoxy groups -OCH3 is 1. The second kappa shape index (κ2) is 5.27. The van der Waals surface area contributed by atoms with E-state index in [2.05, 4.69) is 9.97 Å². The van der Waals surface area contributed by atoms with Crippen molar-refractivity contribution in [1.29, 1.82) is 0 Å². The monoisotopic (exact) mass is 240 g/mol. The van der Waals surface area contributed by atoms with Crippen molar-refractivity contribution in [3.63, 3.8) is 0 Å². The number of rotatable bonds is 3. The molecule has 1 aromatic rings. The first-order valence-electron chi connectivity index (χ1n) is 5.72. The molecule has 94 valence electrons. The Balaban J connectivity index is 2.02. The number of piperidine rings is 1.